The van der Waals surface area contributed by atoms with E-state index in [0.717, 1.165) is 0 Å². The molecule has 0 aliphatic rings. The number of hydrogen-bond donors (Lipinski definition) is 2. The Balaban J connectivity index is 3.47. The van der Waals surface area contributed by atoms with E-state index in [1.807, 2.05) is 0 Å². The van der Waals surface area contributed by atoms with Gasteiger partial charge in [-0.3, -0.25) is 0 Å². The molecule has 0 unspecified atom stereocenters. The van der Waals surface area contributed by atoms with Crippen molar-refractivity contribution < 1.29 is 27.6 Å². The van der Waals surface area contributed by atoms with E-state index in [1.54, 1.807) is 0 Å². The predicted octanol–water partition coefficient (Wildman–Crippen LogP) is -0.258. The van der Waals surface area contributed by atoms with Crippen molar-refractivity contribution >= 4 is 16.6 Å². The van der Waals surface area contributed by atoms with Gasteiger partial charge in [-0.1, -0.05) is 0 Å². The van der Waals surface area contributed by atoms with Crippen LogP contribution in [0.25, 0.3) is 0 Å². The molecule has 27 valence electrons. The fraction of sp³-hybridized carbons (Fsp3) is 0. The maximum absolute atomic E-state index is 8.06. The molecule has 2 nitrogen and oxygen atoms in total. The van der Waals surface area contributed by atoms with E-state index in [4.69, 9.17) is 9.79 Å². The van der Waals surface area contributed by atoms with Crippen LogP contribution in [0.3, 0.4) is 0 Å². The Morgan fingerprint density at radius 2 is 1.60 bits per heavy atom. The van der Waals surface area contributed by atoms with Gasteiger partial charge in [0.2, 0.25) is 0 Å². The molecule has 0 saturated carbocycles. The van der Waals surface area contributed by atoms with E-state index in [9.17, 15) is 0 Å². The van der Waals surface area contributed by atoms with Gasteiger partial charge in [0.15, 0.2) is 0 Å². The van der Waals surface area contributed by atoms with E-state index < -0.39 is 4.82 Å². The molecular formula is H2O2PSZn. The zero-order valence-electron chi connectivity index (χ0n) is 2.46. The minimum absolute atomic E-state index is 0.433. The molecule has 5 heavy (non-hydrogen) atoms. The van der Waals surface area contributed by atoms with Crippen molar-refractivity contribution in [2.45, 2.75) is 0 Å². The van der Waals surface area contributed by atoms with Crippen molar-refractivity contribution in [1.29, 1.82) is 0 Å². The molecule has 0 saturated heterocycles. The van der Waals surface area contributed by atoms with E-state index in [-0.39, 0.29) is 0 Å². The molecule has 0 aromatic carbocycles. The minimum atomic E-state index is -2.68. The third kappa shape index (κ3) is 37.2. The number of hydrogen-bond acceptors (Lipinski definition) is 1. The molecule has 0 aliphatic heterocycles. The van der Waals surface area contributed by atoms with Gasteiger partial charge in [0.1, 0.15) is 0 Å². The van der Waals surface area contributed by atoms with Crippen molar-refractivity contribution in [3.8, 4) is 0 Å². The summed E-state index contributed by atoms with van der Waals surface area (Å²) in [5.41, 5.74) is 0. The molecule has 0 aliphatic carbocycles. The van der Waals surface area contributed by atoms with Crippen molar-refractivity contribution in [1.82, 2.24) is 0 Å². The Hall–Kier alpha value is 1.19. The van der Waals surface area contributed by atoms with Gasteiger partial charge in [0, 0.05) is 0 Å². The second kappa shape index (κ2) is 1.76. The third-order valence-corrected chi connectivity index (χ3v) is 0. The quantitative estimate of drug-likeness (QED) is 0.381. The third-order valence-electron chi connectivity index (χ3n) is 0. The summed E-state index contributed by atoms with van der Waals surface area (Å²) in [6, 6.07) is 0. The topological polar surface area (TPSA) is 40.5 Å². The Labute approximate surface area is 44.6 Å². The second-order valence-electron chi connectivity index (χ2n) is 0.665. The second-order valence-corrected chi connectivity index (χ2v) is 12.2. The van der Waals surface area contributed by atoms with E-state index >= 15 is 0 Å². The zero-order valence-corrected chi connectivity index (χ0v) is 7.14. The SMILES string of the molecule is O[P](O)(=S)[Zn]. The molecule has 0 amide bonds. The van der Waals surface area contributed by atoms with Gasteiger partial charge in [-0.05, 0) is 0 Å². The van der Waals surface area contributed by atoms with E-state index in [2.05, 4.69) is 11.8 Å². The molecular weight excluding hydrogens is 160 g/mol. The van der Waals surface area contributed by atoms with Gasteiger partial charge in [0.05, 0.1) is 0 Å². The van der Waals surface area contributed by atoms with Crippen LogP contribution >= 0.6 is 4.82 Å². The molecule has 0 heterocycles. The molecule has 0 aromatic heterocycles. The Bertz CT molecular complexity index is 55.8. The van der Waals surface area contributed by atoms with Gasteiger partial charge in [-0.15, -0.1) is 0 Å². The van der Waals surface area contributed by atoms with Crippen molar-refractivity contribution in [3.05, 3.63) is 0 Å². The van der Waals surface area contributed by atoms with Crippen LogP contribution in [0.15, 0.2) is 0 Å². The van der Waals surface area contributed by atoms with E-state index in [1.165, 1.54) is 0 Å². The van der Waals surface area contributed by atoms with Gasteiger partial charge in [0.25, 0.3) is 0 Å². The van der Waals surface area contributed by atoms with Crippen LogP contribution in [0, 0.1) is 0 Å². The van der Waals surface area contributed by atoms with Crippen LogP contribution in [-0.4, -0.2) is 9.79 Å². The summed E-state index contributed by atoms with van der Waals surface area (Å²) < 4.78 is 0. The molecule has 0 aromatic rings. The Morgan fingerprint density at radius 3 is 1.60 bits per heavy atom. The average Bonchev–Trinajstić information content (AvgIpc) is 0.722. The first kappa shape index (κ1) is 6.19. The first-order valence-electron chi connectivity index (χ1n) is 0.899. The van der Waals surface area contributed by atoms with Crippen LogP contribution in [0.1, 0.15) is 0 Å². The molecule has 0 atom stereocenters. The van der Waals surface area contributed by atoms with Gasteiger partial charge in [-0.2, -0.15) is 0 Å². The monoisotopic (exact) mass is 161 g/mol. The van der Waals surface area contributed by atoms with Crippen LogP contribution in [-0.2, 0) is 29.6 Å². The molecule has 0 bridgehead atoms. The fourth-order valence-electron chi connectivity index (χ4n) is 0. The standard InChI is InChI=1S/HO2PS.Zn/c1-3(2)4;/h(H-,1,2,4);/q;-1/p+1. The van der Waals surface area contributed by atoms with Gasteiger partial charge in [-0.25, -0.2) is 0 Å². The number of rotatable bonds is 0. The summed E-state index contributed by atoms with van der Waals surface area (Å²) in [4.78, 5) is 13.4. The first-order chi connectivity index (χ1) is 2.00. The summed E-state index contributed by atoms with van der Waals surface area (Å²) in [5, 5.41) is 0. The van der Waals surface area contributed by atoms with Gasteiger partial charge >= 0.3 is 44.2 Å². The average molecular weight is 162 g/mol. The molecule has 0 spiro atoms. The summed E-state index contributed by atoms with van der Waals surface area (Å²) in [6.07, 6.45) is 0. The van der Waals surface area contributed by atoms with Crippen LogP contribution in [0.5, 0.6) is 0 Å². The molecule has 5 heteroatoms. The first-order valence-corrected chi connectivity index (χ1v) is 7.77. The summed E-state index contributed by atoms with van der Waals surface area (Å²) in [6.45, 7) is 0. The summed E-state index contributed by atoms with van der Waals surface area (Å²) in [7, 11) is 0. The van der Waals surface area contributed by atoms with Crippen LogP contribution < -0.4 is 0 Å². The Kier molecular flexibility index (Phi) is 2.19. The molecule has 0 fully saturated rings. The van der Waals surface area contributed by atoms with Crippen LogP contribution in [0.4, 0.5) is 0 Å². The Morgan fingerprint density at radius 1 is 1.60 bits per heavy atom. The summed E-state index contributed by atoms with van der Waals surface area (Å²) >= 11 is 4.54. The van der Waals surface area contributed by atoms with Crippen LogP contribution in [0.2, 0.25) is 0 Å². The zero-order chi connectivity index (χ0) is 4.50. The predicted molar refractivity (Wildman–Crippen MR) is 18.7 cm³/mol. The molecule has 0 radical (unpaired) electrons. The molecule has 2 N–H and O–H groups in total. The maximum atomic E-state index is 8.06. The normalized spacial score (nSPS) is 12.0. The fourth-order valence-corrected chi connectivity index (χ4v) is 0. The van der Waals surface area contributed by atoms with Gasteiger partial charge < -0.3 is 0 Å². The van der Waals surface area contributed by atoms with Crippen molar-refractivity contribution in [2.75, 3.05) is 0 Å². The van der Waals surface area contributed by atoms with E-state index in [0.29, 0.717) is 17.8 Å². The molecule has 0 rings (SSSR count). The summed E-state index contributed by atoms with van der Waals surface area (Å²) in [5.74, 6) is 0. The van der Waals surface area contributed by atoms with Crippen molar-refractivity contribution in [3.63, 3.8) is 0 Å². The van der Waals surface area contributed by atoms with Crippen molar-refractivity contribution in [2.24, 2.45) is 0 Å².